The van der Waals surface area contributed by atoms with Crippen LogP contribution >= 0.6 is 27.5 Å². The summed E-state index contributed by atoms with van der Waals surface area (Å²) < 4.78 is 5.72. The van der Waals surface area contributed by atoms with Crippen molar-refractivity contribution < 1.29 is 9.53 Å². The molecule has 1 amide bonds. The molecule has 0 aliphatic rings. The van der Waals surface area contributed by atoms with Gasteiger partial charge in [0.2, 0.25) is 0 Å². The van der Waals surface area contributed by atoms with Crippen LogP contribution in [0.1, 0.15) is 10.4 Å². The van der Waals surface area contributed by atoms with E-state index in [0.29, 0.717) is 32.2 Å². The lowest BCUT2D eigenvalue weighted by Gasteiger charge is -2.10. The Labute approximate surface area is 130 Å². The van der Waals surface area contributed by atoms with Crippen molar-refractivity contribution in [2.75, 3.05) is 18.2 Å². The van der Waals surface area contributed by atoms with Gasteiger partial charge in [-0.1, -0.05) is 17.7 Å². The van der Waals surface area contributed by atoms with Crippen LogP contribution in [0.2, 0.25) is 5.02 Å². The molecule has 0 saturated carbocycles. The Bertz CT molecular complexity index is 662. The van der Waals surface area contributed by atoms with Gasteiger partial charge in [0.05, 0.1) is 22.3 Å². The molecule has 0 atom stereocenters. The highest BCUT2D eigenvalue weighted by molar-refractivity contribution is 9.10. The maximum Gasteiger partial charge on any atom is 0.255 e. The van der Waals surface area contributed by atoms with Crippen molar-refractivity contribution in [2.24, 2.45) is 0 Å². The third kappa shape index (κ3) is 3.23. The lowest BCUT2D eigenvalue weighted by molar-refractivity contribution is 0.102. The topological polar surface area (TPSA) is 64.3 Å². The number of methoxy groups -OCH3 is 1. The van der Waals surface area contributed by atoms with E-state index in [0.717, 1.165) is 0 Å². The van der Waals surface area contributed by atoms with Gasteiger partial charge in [-0.05, 0) is 40.2 Å². The standard InChI is InChI=1S/C14H12BrClN2O2/c1-20-10-6-8(5-9(17)7-10)14(19)18-12-4-2-3-11(16)13(12)15/h2-7H,17H2,1H3,(H,18,19). The van der Waals surface area contributed by atoms with Crippen LogP contribution in [0, 0.1) is 0 Å². The van der Waals surface area contributed by atoms with Crippen LogP contribution in [0.25, 0.3) is 0 Å². The highest BCUT2D eigenvalue weighted by atomic mass is 79.9. The first-order chi connectivity index (χ1) is 9.51. The average molecular weight is 356 g/mol. The fourth-order valence-corrected chi connectivity index (χ4v) is 2.20. The Morgan fingerprint density at radius 2 is 2.10 bits per heavy atom. The minimum absolute atomic E-state index is 0.293. The van der Waals surface area contributed by atoms with E-state index in [9.17, 15) is 4.79 Å². The Morgan fingerprint density at radius 3 is 2.80 bits per heavy atom. The number of nitrogens with one attached hydrogen (secondary N) is 1. The van der Waals surface area contributed by atoms with Crippen LogP contribution in [-0.2, 0) is 0 Å². The van der Waals surface area contributed by atoms with Gasteiger partial charge in [-0.25, -0.2) is 0 Å². The van der Waals surface area contributed by atoms with Crippen LogP contribution < -0.4 is 15.8 Å². The maximum absolute atomic E-state index is 12.2. The number of halogens is 2. The number of rotatable bonds is 3. The van der Waals surface area contributed by atoms with Crippen LogP contribution in [0.3, 0.4) is 0 Å². The monoisotopic (exact) mass is 354 g/mol. The molecule has 0 heterocycles. The summed E-state index contributed by atoms with van der Waals surface area (Å²) in [6.45, 7) is 0. The number of hydrogen-bond acceptors (Lipinski definition) is 3. The van der Waals surface area contributed by atoms with Crippen molar-refractivity contribution in [1.29, 1.82) is 0 Å². The molecule has 0 unspecified atom stereocenters. The number of ether oxygens (including phenoxy) is 1. The van der Waals surface area contributed by atoms with Gasteiger partial charge in [0, 0.05) is 17.3 Å². The molecular formula is C14H12BrClN2O2. The predicted octanol–water partition coefficient (Wildman–Crippen LogP) is 3.95. The number of benzene rings is 2. The van der Waals surface area contributed by atoms with Crippen molar-refractivity contribution in [3.8, 4) is 5.75 Å². The molecule has 6 heteroatoms. The lowest BCUT2D eigenvalue weighted by atomic mass is 10.1. The molecule has 0 saturated heterocycles. The Hall–Kier alpha value is -1.72. The van der Waals surface area contributed by atoms with Gasteiger partial charge in [-0.15, -0.1) is 0 Å². The molecule has 0 radical (unpaired) electrons. The molecule has 2 rings (SSSR count). The van der Waals surface area contributed by atoms with Gasteiger partial charge in [-0.3, -0.25) is 4.79 Å². The van der Waals surface area contributed by atoms with Gasteiger partial charge in [0.15, 0.2) is 0 Å². The summed E-state index contributed by atoms with van der Waals surface area (Å²) in [5, 5.41) is 3.29. The summed E-state index contributed by atoms with van der Waals surface area (Å²) >= 11 is 9.31. The zero-order valence-corrected chi connectivity index (χ0v) is 13.0. The zero-order valence-electron chi connectivity index (χ0n) is 10.6. The second-order valence-corrected chi connectivity index (χ2v) is 5.25. The van der Waals surface area contributed by atoms with E-state index in [1.165, 1.54) is 7.11 Å². The number of nitrogen functional groups attached to an aromatic ring is 1. The van der Waals surface area contributed by atoms with Gasteiger partial charge in [-0.2, -0.15) is 0 Å². The van der Waals surface area contributed by atoms with E-state index in [1.807, 2.05) is 0 Å². The minimum atomic E-state index is -0.293. The summed E-state index contributed by atoms with van der Waals surface area (Å²) in [5.74, 6) is 0.235. The minimum Gasteiger partial charge on any atom is -0.497 e. The molecular weight excluding hydrogens is 344 g/mol. The molecule has 0 aromatic heterocycles. The normalized spacial score (nSPS) is 10.2. The molecule has 3 N–H and O–H groups in total. The number of amides is 1. The summed E-state index contributed by atoms with van der Waals surface area (Å²) in [5.41, 5.74) is 7.19. The Kier molecular flexibility index (Phi) is 4.52. The third-order valence-electron chi connectivity index (χ3n) is 2.63. The van der Waals surface area contributed by atoms with Gasteiger partial charge in [0.25, 0.3) is 5.91 Å². The SMILES string of the molecule is COc1cc(N)cc(C(=O)Nc2cccc(Cl)c2Br)c1. The van der Waals surface area contributed by atoms with E-state index in [2.05, 4.69) is 21.2 Å². The molecule has 2 aromatic rings. The zero-order chi connectivity index (χ0) is 14.7. The Balaban J connectivity index is 2.28. The molecule has 0 aliphatic heterocycles. The van der Waals surface area contributed by atoms with E-state index in [4.69, 9.17) is 22.1 Å². The van der Waals surface area contributed by atoms with Crippen molar-refractivity contribution in [3.63, 3.8) is 0 Å². The summed E-state index contributed by atoms with van der Waals surface area (Å²) in [6, 6.07) is 10.1. The number of carbonyl (C=O) groups excluding carboxylic acids is 1. The number of carbonyl (C=O) groups is 1. The van der Waals surface area contributed by atoms with Crippen LogP contribution in [0.5, 0.6) is 5.75 Å². The molecule has 20 heavy (non-hydrogen) atoms. The first kappa shape index (κ1) is 14.7. The quantitative estimate of drug-likeness (QED) is 0.820. The van der Waals surface area contributed by atoms with Gasteiger partial charge < -0.3 is 15.8 Å². The fraction of sp³-hybridized carbons (Fsp3) is 0.0714. The number of hydrogen-bond donors (Lipinski definition) is 2. The van der Waals surface area contributed by atoms with Crippen molar-refractivity contribution in [3.05, 3.63) is 51.5 Å². The van der Waals surface area contributed by atoms with E-state index >= 15 is 0 Å². The first-order valence-electron chi connectivity index (χ1n) is 5.71. The van der Waals surface area contributed by atoms with E-state index in [-0.39, 0.29) is 5.91 Å². The van der Waals surface area contributed by atoms with E-state index < -0.39 is 0 Å². The smallest absolute Gasteiger partial charge is 0.255 e. The second kappa shape index (κ2) is 6.15. The first-order valence-corrected chi connectivity index (χ1v) is 6.88. The molecule has 0 fully saturated rings. The molecule has 4 nitrogen and oxygen atoms in total. The van der Waals surface area contributed by atoms with Crippen LogP contribution in [0.15, 0.2) is 40.9 Å². The lowest BCUT2D eigenvalue weighted by Crippen LogP contribution is -2.13. The molecule has 2 aromatic carbocycles. The molecule has 0 bridgehead atoms. The number of nitrogens with two attached hydrogens (primary N) is 1. The summed E-state index contributed by atoms with van der Waals surface area (Å²) in [7, 11) is 1.52. The van der Waals surface area contributed by atoms with Crippen molar-refractivity contribution >= 4 is 44.8 Å². The van der Waals surface area contributed by atoms with Gasteiger partial charge >= 0.3 is 0 Å². The fourth-order valence-electron chi connectivity index (χ4n) is 1.67. The molecule has 0 aliphatic carbocycles. The van der Waals surface area contributed by atoms with Crippen molar-refractivity contribution in [2.45, 2.75) is 0 Å². The average Bonchev–Trinajstić information content (AvgIpc) is 2.43. The predicted molar refractivity (Wildman–Crippen MR) is 84.5 cm³/mol. The summed E-state index contributed by atoms with van der Waals surface area (Å²) in [4.78, 5) is 12.2. The molecule has 0 spiro atoms. The third-order valence-corrected chi connectivity index (χ3v) is 4.02. The maximum atomic E-state index is 12.2. The van der Waals surface area contributed by atoms with Crippen LogP contribution in [0.4, 0.5) is 11.4 Å². The molecule has 104 valence electrons. The highest BCUT2D eigenvalue weighted by Gasteiger charge is 2.11. The van der Waals surface area contributed by atoms with Crippen LogP contribution in [-0.4, -0.2) is 13.0 Å². The second-order valence-electron chi connectivity index (χ2n) is 4.05. The van der Waals surface area contributed by atoms with E-state index in [1.54, 1.807) is 36.4 Å². The summed E-state index contributed by atoms with van der Waals surface area (Å²) in [6.07, 6.45) is 0. The number of anilines is 2. The Morgan fingerprint density at radius 1 is 1.35 bits per heavy atom. The highest BCUT2D eigenvalue weighted by Crippen LogP contribution is 2.30. The van der Waals surface area contributed by atoms with Gasteiger partial charge in [0.1, 0.15) is 5.75 Å². The largest absolute Gasteiger partial charge is 0.497 e. The van der Waals surface area contributed by atoms with Crippen molar-refractivity contribution in [1.82, 2.24) is 0 Å².